The van der Waals surface area contributed by atoms with Gasteiger partial charge >= 0.3 is 0 Å². The van der Waals surface area contributed by atoms with Gasteiger partial charge in [-0.05, 0) is 55.9 Å². The average Bonchev–Trinajstić information content (AvgIpc) is 2.83. The Morgan fingerprint density at radius 1 is 1.29 bits per heavy atom. The van der Waals surface area contributed by atoms with Crippen molar-refractivity contribution in [2.24, 2.45) is 17.3 Å². The van der Waals surface area contributed by atoms with Crippen molar-refractivity contribution in [3.05, 3.63) is 0 Å². The molecule has 0 radical (unpaired) electrons. The van der Waals surface area contributed by atoms with E-state index in [4.69, 9.17) is 0 Å². The van der Waals surface area contributed by atoms with Crippen molar-refractivity contribution >= 4 is 9.84 Å². The normalized spacial score (nSPS) is 35.9. The Hall–Kier alpha value is -0.0900. The first-order valence-electron chi connectivity index (χ1n) is 6.83. The summed E-state index contributed by atoms with van der Waals surface area (Å²) in [5.41, 5.74) is 0.411. The van der Waals surface area contributed by atoms with Gasteiger partial charge in [-0.25, -0.2) is 8.42 Å². The molecule has 0 spiro atoms. The van der Waals surface area contributed by atoms with E-state index in [2.05, 4.69) is 12.2 Å². The highest BCUT2D eigenvalue weighted by atomic mass is 32.2. The van der Waals surface area contributed by atoms with Gasteiger partial charge in [-0.1, -0.05) is 6.92 Å². The third kappa shape index (κ3) is 3.68. The van der Waals surface area contributed by atoms with Crippen molar-refractivity contribution in [2.75, 3.05) is 25.1 Å². The molecule has 0 aromatic carbocycles. The second kappa shape index (κ2) is 4.88. The van der Waals surface area contributed by atoms with E-state index < -0.39 is 9.84 Å². The molecule has 0 amide bonds. The van der Waals surface area contributed by atoms with Gasteiger partial charge in [-0.15, -0.1) is 0 Å². The van der Waals surface area contributed by atoms with Crippen molar-refractivity contribution in [2.45, 2.75) is 39.0 Å². The third-order valence-electron chi connectivity index (χ3n) is 4.43. The maximum atomic E-state index is 11.2. The third-order valence-corrected chi connectivity index (χ3v) is 5.46. The Morgan fingerprint density at radius 3 is 2.47 bits per heavy atom. The first-order valence-corrected chi connectivity index (χ1v) is 8.89. The van der Waals surface area contributed by atoms with E-state index >= 15 is 0 Å². The Kier molecular flexibility index (Phi) is 3.83. The van der Waals surface area contributed by atoms with Gasteiger partial charge in [-0.2, -0.15) is 0 Å². The molecule has 3 nitrogen and oxygen atoms in total. The Morgan fingerprint density at radius 2 is 1.94 bits per heavy atom. The summed E-state index contributed by atoms with van der Waals surface area (Å²) in [5.74, 6) is 2.29. The van der Waals surface area contributed by atoms with E-state index in [0.29, 0.717) is 11.2 Å². The molecule has 2 fully saturated rings. The molecule has 2 rings (SSSR count). The predicted octanol–water partition coefficient (Wildman–Crippen LogP) is 1.84. The largest absolute Gasteiger partial charge is 0.316 e. The van der Waals surface area contributed by atoms with E-state index in [1.165, 1.54) is 25.5 Å². The van der Waals surface area contributed by atoms with E-state index in [0.717, 1.165) is 37.8 Å². The number of sulfone groups is 1. The lowest BCUT2D eigenvalue weighted by Crippen LogP contribution is -2.33. The molecular formula is C13H25NO2S. The molecular weight excluding hydrogens is 234 g/mol. The highest BCUT2D eigenvalue weighted by Crippen LogP contribution is 2.61. The summed E-state index contributed by atoms with van der Waals surface area (Å²) in [5, 5.41) is 3.47. The Labute approximate surface area is 105 Å². The van der Waals surface area contributed by atoms with Crippen molar-refractivity contribution in [1.29, 1.82) is 0 Å². The number of hydrogen-bond acceptors (Lipinski definition) is 3. The SMILES string of the molecule is CCNCC1(CCCS(C)(=O)=O)CC2CC2C1. The quantitative estimate of drug-likeness (QED) is 0.759. The topological polar surface area (TPSA) is 46.2 Å². The molecule has 2 aliphatic rings. The van der Waals surface area contributed by atoms with Gasteiger partial charge in [0, 0.05) is 18.6 Å². The number of hydrogen-bond donors (Lipinski definition) is 1. The minimum absolute atomic E-state index is 0.357. The summed E-state index contributed by atoms with van der Waals surface area (Å²) in [6.07, 6.45) is 7.35. The predicted molar refractivity (Wildman–Crippen MR) is 70.8 cm³/mol. The molecule has 2 aliphatic carbocycles. The molecule has 100 valence electrons. The fraction of sp³-hybridized carbons (Fsp3) is 1.00. The first kappa shape index (κ1) is 13.3. The molecule has 0 aliphatic heterocycles. The van der Waals surface area contributed by atoms with Crippen LogP contribution in [-0.2, 0) is 9.84 Å². The number of rotatable bonds is 7. The van der Waals surface area contributed by atoms with Gasteiger partial charge < -0.3 is 5.32 Å². The van der Waals surface area contributed by atoms with Crippen molar-refractivity contribution in [3.8, 4) is 0 Å². The number of fused-ring (bicyclic) bond motifs is 1. The minimum atomic E-state index is -2.79. The summed E-state index contributed by atoms with van der Waals surface area (Å²) >= 11 is 0. The molecule has 0 bridgehead atoms. The fourth-order valence-electron chi connectivity index (χ4n) is 3.54. The zero-order valence-electron chi connectivity index (χ0n) is 11.0. The van der Waals surface area contributed by atoms with Crippen molar-refractivity contribution in [1.82, 2.24) is 5.32 Å². The molecule has 1 N–H and O–H groups in total. The summed E-state index contributed by atoms with van der Waals surface area (Å²) < 4.78 is 22.4. The molecule has 0 aromatic rings. The summed E-state index contributed by atoms with van der Waals surface area (Å²) in [4.78, 5) is 0. The standard InChI is InChI=1S/C13H25NO2S/c1-3-14-10-13(5-4-6-17(2,15)16)8-11-7-12(11)9-13/h11-12,14H,3-10H2,1-2H3. The summed E-state index contributed by atoms with van der Waals surface area (Å²) in [6.45, 7) is 4.24. The van der Waals surface area contributed by atoms with Crippen LogP contribution in [0.4, 0.5) is 0 Å². The molecule has 4 heteroatoms. The van der Waals surface area contributed by atoms with Crippen LogP contribution in [0.3, 0.4) is 0 Å². The molecule has 2 unspecified atom stereocenters. The Balaban J connectivity index is 1.83. The van der Waals surface area contributed by atoms with Gasteiger partial charge in [-0.3, -0.25) is 0 Å². The molecule has 17 heavy (non-hydrogen) atoms. The van der Waals surface area contributed by atoms with Gasteiger partial charge in [0.1, 0.15) is 9.84 Å². The molecule has 2 saturated carbocycles. The van der Waals surface area contributed by atoms with Crippen molar-refractivity contribution in [3.63, 3.8) is 0 Å². The first-order chi connectivity index (χ1) is 7.94. The highest BCUT2D eigenvalue weighted by Gasteiger charge is 2.52. The van der Waals surface area contributed by atoms with Crippen molar-refractivity contribution < 1.29 is 8.42 Å². The van der Waals surface area contributed by atoms with E-state index in [-0.39, 0.29) is 0 Å². The van der Waals surface area contributed by atoms with Crippen LogP contribution in [0, 0.1) is 17.3 Å². The van der Waals surface area contributed by atoms with Crippen LogP contribution in [0.5, 0.6) is 0 Å². The van der Waals surface area contributed by atoms with Gasteiger partial charge in [0.25, 0.3) is 0 Å². The summed E-state index contributed by atoms with van der Waals surface area (Å²) in [7, 11) is -2.79. The van der Waals surface area contributed by atoms with E-state index in [1.807, 2.05) is 0 Å². The number of nitrogens with one attached hydrogen (secondary N) is 1. The van der Waals surface area contributed by atoms with E-state index in [9.17, 15) is 8.42 Å². The van der Waals surface area contributed by atoms with Crippen LogP contribution in [-0.4, -0.2) is 33.5 Å². The van der Waals surface area contributed by atoms with Crippen LogP contribution in [0.1, 0.15) is 39.0 Å². The maximum Gasteiger partial charge on any atom is 0.147 e. The highest BCUT2D eigenvalue weighted by molar-refractivity contribution is 7.90. The molecule has 0 aromatic heterocycles. The van der Waals surface area contributed by atoms with Crippen LogP contribution in [0.2, 0.25) is 0 Å². The van der Waals surface area contributed by atoms with E-state index in [1.54, 1.807) is 0 Å². The zero-order chi connectivity index (χ0) is 12.5. The second-order valence-corrected chi connectivity index (χ2v) is 8.44. The van der Waals surface area contributed by atoms with Gasteiger partial charge in [0.05, 0.1) is 0 Å². The maximum absolute atomic E-state index is 11.2. The summed E-state index contributed by atoms with van der Waals surface area (Å²) in [6, 6.07) is 0. The smallest absolute Gasteiger partial charge is 0.147 e. The molecule has 2 atom stereocenters. The zero-order valence-corrected chi connectivity index (χ0v) is 11.9. The van der Waals surface area contributed by atoms with Gasteiger partial charge in [0.2, 0.25) is 0 Å². The van der Waals surface area contributed by atoms with Crippen LogP contribution < -0.4 is 5.32 Å². The molecule has 0 saturated heterocycles. The Bertz CT molecular complexity index is 354. The lowest BCUT2D eigenvalue weighted by atomic mass is 9.79. The minimum Gasteiger partial charge on any atom is -0.316 e. The van der Waals surface area contributed by atoms with Gasteiger partial charge in [0.15, 0.2) is 0 Å². The average molecular weight is 259 g/mol. The lowest BCUT2D eigenvalue weighted by molar-refractivity contribution is 0.230. The van der Waals surface area contributed by atoms with Crippen LogP contribution in [0.25, 0.3) is 0 Å². The fourth-order valence-corrected chi connectivity index (χ4v) is 4.21. The van der Waals surface area contributed by atoms with Crippen LogP contribution >= 0.6 is 0 Å². The van der Waals surface area contributed by atoms with Crippen LogP contribution in [0.15, 0.2) is 0 Å². The second-order valence-electron chi connectivity index (χ2n) is 6.18. The monoisotopic (exact) mass is 259 g/mol. The molecule has 0 heterocycles. The lowest BCUT2D eigenvalue weighted by Gasteiger charge is -2.31.